The second-order valence-electron chi connectivity index (χ2n) is 5.48. The number of rotatable bonds is 7. The van der Waals surface area contributed by atoms with E-state index in [1.165, 1.54) is 0 Å². The number of nitrogens with one attached hydrogen (secondary N) is 2. The molecule has 0 aliphatic carbocycles. The highest BCUT2D eigenvalue weighted by molar-refractivity contribution is 6.30. The number of carbonyl (C=O) groups excluding carboxylic acids is 1. The Morgan fingerprint density at radius 1 is 1.26 bits per heavy atom. The quantitative estimate of drug-likeness (QED) is 0.763. The molecular formula is C17H21ClN4O. The summed E-state index contributed by atoms with van der Waals surface area (Å²) in [7, 11) is 4.09. The molecule has 23 heavy (non-hydrogen) atoms. The normalized spacial score (nSPS) is 10.6. The van der Waals surface area contributed by atoms with Gasteiger partial charge in [0.15, 0.2) is 0 Å². The van der Waals surface area contributed by atoms with Crippen molar-refractivity contribution >= 4 is 29.0 Å². The van der Waals surface area contributed by atoms with Crippen LogP contribution in [0.4, 0.5) is 11.5 Å². The third-order valence-electron chi connectivity index (χ3n) is 3.20. The molecular weight excluding hydrogens is 312 g/mol. The topological polar surface area (TPSA) is 57.3 Å². The lowest BCUT2D eigenvalue weighted by Crippen LogP contribution is -2.17. The van der Waals surface area contributed by atoms with Crippen LogP contribution in [0.15, 0.2) is 42.6 Å². The van der Waals surface area contributed by atoms with Crippen molar-refractivity contribution in [3.8, 4) is 0 Å². The lowest BCUT2D eigenvalue weighted by molar-refractivity contribution is 0.102. The van der Waals surface area contributed by atoms with Crippen LogP contribution in [-0.4, -0.2) is 43.0 Å². The zero-order valence-corrected chi connectivity index (χ0v) is 14.1. The fourth-order valence-corrected chi connectivity index (χ4v) is 2.20. The monoisotopic (exact) mass is 332 g/mol. The highest BCUT2D eigenvalue weighted by atomic mass is 35.5. The third kappa shape index (κ3) is 5.88. The van der Waals surface area contributed by atoms with E-state index in [1.54, 1.807) is 36.5 Å². The zero-order valence-electron chi connectivity index (χ0n) is 13.3. The van der Waals surface area contributed by atoms with Crippen molar-refractivity contribution in [1.29, 1.82) is 0 Å². The van der Waals surface area contributed by atoms with E-state index in [2.05, 4.69) is 20.5 Å². The van der Waals surface area contributed by atoms with Gasteiger partial charge in [0, 0.05) is 23.5 Å². The molecule has 1 aromatic heterocycles. The van der Waals surface area contributed by atoms with Crippen molar-refractivity contribution in [3.05, 3.63) is 53.2 Å². The summed E-state index contributed by atoms with van der Waals surface area (Å²) < 4.78 is 0. The Kier molecular flexibility index (Phi) is 6.38. The molecule has 6 heteroatoms. The van der Waals surface area contributed by atoms with Gasteiger partial charge in [-0.1, -0.05) is 17.7 Å². The van der Waals surface area contributed by atoms with Gasteiger partial charge >= 0.3 is 0 Å². The van der Waals surface area contributed by atoms with Gasteiger partial charge in [-0.15, -0.1) is 0 Å². The van der Waals surface area contributed by atoms with Crippen molar-refractivity contribution in [2.24, 2.45) is 0 Å². The largest absolute Gasteiger partial charge is 0.370 e. The van der Waals surface area contributed by atoms with Crippen molar-refractivity contribution in [1.82, 2.24) is 9.88 Å². The first-order valence-electron chi connectivity index (χ1n) is 7.46. The van der Waals surface area contributed by atoms with Crippen LogP contribution in [0.1, 0.15) is 16.8 Å². The fourth-order valence-electron chi connectivity index (χ4n) is 2.01. The van der Waals surface area contributed by atoms with Crippen LogP contribution in [0.25, 0.3) is 0 Å². The minimum atomic E-state index is -0.209. The number of amides is 1. The predicted octanol–water partition coefficient (Wildman–Crippen LogP) is 3.35. The van der Waals surface area contributed by atoms with Gasteiger partial charge < -0.3 is 15.5 Å². The van der Waals surface area contributed by atoms with Gasteiger partial charge in [-0.3, -0.25) is 4.79 Å². The fraction of sp³-hybridized carbons (Fsp3) is 0.294. The molecule has 122 valence electrons. The van der Waals surface area contributed by atoms with E-state index >= 15 is 0 Å². The molecule has 0 saturated heterocycles. The standard InChI is InChI=1S/C17H21ClN4O/c1-22(2)10-4-9-19-16-8-7-13(12-20-16)17(23)21-15-6-3-5-14(18)11-15/h3,5-8,11-12H,4,9-10H2,1-2H3,(H,19,20)(H,21,23). The van der Waals surface area contributed by atoms with Gasteiger partial charge in [-0.05, 0) is 57.4 Å². The molecule has 2 rings (SSSR count). The lowest BCUT2D eigenvalue weighted by Gasteiger charge is -2.10. The summed E-state index contributed by atoms with van der Waals surface area (Å²) in [5.74, 6) is 0.557. The van der Waals surface area contributed by atoms with Crippen molar-refractivity contribution < 1.29 is 4.79 Å². The van der Waals surface area contributed by atoms with E-state index in [1.807, 2.05) is 20.2 Å². The van der Waals surface area contributed by atoms with Gasteiger partial charge in [0.2, 0.25) is 0 Å². The third-order valence-corrected chi connectivity index (χ3v) is 3.43. The predicted molar refractivity (Wildman–Crippen MR) is 95.3 cm³/mol. The summed E-state index contributed by atoms with van der Waals surface area (Å²) in [6, 6.07) is 10.6. The Morgan fingerprint density at radius 2 is 2.09 bits per heavy atom. The molecule has 0 aliphatic heterocycles. The number of benzene rings is 1. The molecule has 0 aliphatic rings. The highest BCUT2D eigenvalue weighted by Gasteiger charge is 2.07. The summed E-state index contributed by atoms with van der Waals surface area (Å²) in [6.45, 7) is 1.87. The number of hydrogen-bond donors (Lipinski definition) is 2. The maximum atomic E-state index is 12.2. The molecule has 0 bridgehead atoms. The van der Waals surface area contributed by atoms with Crippen LogP contribution in [-0.2, 0) is 0 Å². The lowest BCUT2D eigenvalue weighted by atomic mass is 10.2. The van der Waals surface area contributed by atoms with Crippen LogP contribution in [0.5, 0.6) is 0 Å². The molecule has 0 saturated carbocycles. The minimum Gasteiger partial charge on any atom is -0.370 e. The van der Waals surface area contributed by atoms with Gasteiger partial charge in [0.05, 0.1) is 5.56 Å². The smallest absolute Gasteiger partial charge is 0.257 e. The van der Waals surface area contributed by atoms with Crippen molar-refractivity contribution in [2.45, 2.75) is 6.42 Å². The number of nitrogens with zero attached hydrogens (tertiary/aromatic N) is 2. The molecule has 1 aromatic carbocycles. The number of pyridine rings is 1. The Morgan fingerprint density at radius 3 is 2.74 bits per heavy atom. The Bertz CT molecular complexity index is 643. The molecule has 2 aromatic rings. The second kappa shape index (κ2) is 8.50. The molecule has 0 fully saturated rings. The Labute approximate surface area is 141 Å². The number of aromatic nitrogens is 1. The molecule has 0 spiro atoms. The molecule has 1 heterocycles. The first-order chi connectivity index (χ1) is 11.0. The molecule has 0 atom stereocenters. The number of carbonyl (C=O) groups is 1. The van der Waals surface area contributed by atoms with Crippen LogP contribution in [0.2, 0.25) is 5.02 Å². The van der Waals surface area contributed by atoms with Crippen LogP contribution in [0.3, 0.4) is 0 Å². The van der Waals surface area contributed by atoms with E-state index in [9.17, 15) is 4.79 Å². The van der Waals surface area contributed by atoms with Crippen molar-refractivity contribution in [3.63, 3.8) is 0 Å². The van der Waals surface area contributed by atoms with E-state index in [-0.39, 0.29) is 5.91 Å². The summed E-state index contributed by atoms with van der Waals surface area (Å²) in [5.41, 5.74) is 1.16. The summed E-state index contributed by atoms with van der Waals surface area (Å²) in [5, 5.41) is 6.61. The average Bonchev–Trinajstić information content (AvgIpc) is 2.52. The Balaban J connectivity index is 1.87. The maximum absolute atomic E-state index is 12.2. The van der Waals surface area contributed by atoms with Crippen LogP contribution < -0.4 is 10.6 Å². The summed E-state index contributed by atoms with van der Waals surface area (Å²) in [6.07, 6.45) is 2.60. The molecule has 0 unspecified atom stereocenters. The van der Waals surface area contributed by atoms with Gasteiger partial charge in [-0.25, -0.2) is 4.98 Å². The van der Waals surface area contributed by atoms with Crippen LogP contribution in [0, 0.1) is 0 Å². The SMILES string of the molecule is CN(C)CCCNc1ccc(C(=O)Nc2cccc(Cl)c2)cn1. The van der Waals surface area contributed by atoms with Gasteiger partial charge in [-0.2, -0.15) is 0 Å². The number of anilines is 2. The molecule has 2 N–H and O–H groups in total. The zero-order chi connectivity index (χ0) is 16.7. The van der Waals surface area contributed by atoms with Gasteiger partial charge in [0.1, 0.15) is 5.82 Å². The second-order valence-corrected chi connectivity index (χ2v) is 5.92. The van der Waals surface area contributed by atoms with E-state index in [4.69, 9.17) is 11.6 Å². The average molecular weight is 333 g/mol. The van der Waals surface area contributed by atoms with E-state index < -0.39 is 0 Å². The highest BCUT2D eigenvalue weighted by Crippen LogP contribution is 2.16. The summed E-state index contributed by atoms with van der Waals surface area (Å²) in [4.78, 5) is 18.6. The summed E-state index contributed by atoms with van der Waals surface area (Å²) >= 11 is 5.90. The van der Waals surface area contributed by atoms with Gasteiger partial charge in [0.25, 0.3) is 5.91 Å². The van der Waals surface area contributed by atoms with Crippen LogP contribution >= 0.6 is 11.6 Å². The molecule has 0 radical (unpaired) electrons. The Hall–Kier alpha value is -2.11. The van der Waals surface area contributed by atoms with Crippen molar-refractivity contribution in [2.75, 3.05) is 37.8 Å². The van der Waals surface area contributed by atoms with E-state index in [0.717, 1.165) is 25.3 Å². The maximum Gasteiger partial charge on any atom is 0.257 e. The molecule has 1 amide bonds. The molecule has 5 nitrogen and oxygen atoms in total. The number of hydrogen-bond acceptors (Lipinski definition) is 4. The number of halogens is 1. The van der Waals surface area contributed by atoms with E-state index in [0.29, 0.717) is 16.3 Å². The first kappa shape index (κ1) is 17.2. The first-order valence-corrected chi connectivity index (χ1v) is 7.84. The minimum absolute atomic E-state index is 0.209.